The van der Waals surface area contributed by atoms with Gasteiger partial charge >= 0.3 is 0 Å². The van der Waals surface area contributed by atoms with Crippen LogP contribution >= 0.6 is 27.3 Å². The van der Waals surface area contributed by atoms with Crippen LogP contribution in [-0.4, -0.2) is 24.0 Å². The van der Waals surface area contributed by atoms with Crippen LogP contribution in [0, 0.1) is 0 Å². The number of carbonyl (C=O) groups excluding carboxylic acids is 1. The molecule has 1 fully saturated rings. The highest BCUT2D eigenvalue weighted by atomic mass is 79.9. The minimum atomic E-state index is -0.0469. The SMILES string of the molecule is O=C(NCc1ccc(N2CCCC2)nc1)c1ccc(Br)s1. The second kappa shape index (κ2) is 6.58. The Kier molecular flexibility index (Phi) is 4.55. The van der Waals surface area contributed by atoms with E-state index in [2.05, 4.69) is 31.1 Å². The van der Waals surface area contributed by atoms with E-state index >= 15 is 0 Å². The van der Waals surface area contributed by atoms with E-state index in [-0.39, 0.29) is 5.91 Å². The molecule has 1 N–H and O–H groups in total. The van der Waals surface area contributed by atoms with E-state index in [0.717, 1.165) is 28.3 Å². The third kappa shape index (κ3) is 3.63. The molecule has 1 aliphatic rings. The smallest absolute Gasteiger partial charge is 0.261 e. The lowest BCUT2D eigenvalue weighted by atomic mass is 10.2. The van der Waals surface area contributed by atoms with Gasteiger partial charge in [0.15, 0.2) is 0 Å². The molecule has 0 atom stereocenters. The van der Waals surface area contributed by atoms with Crippen molar-refractivity contribution in [1.82, 2.24) is 10.3 Å². The number of hydrogen-bond donors (Lipinski definition) is 1. The fraction of sp³-hybridized carbons (Fsp3) is 0.333. The molecule has 2 aromatic heterocycles. The fourth-order valence-electron chi connectivity index (χ4n) is 2.36. The quantitative estimate of drug-likeness (QED) is 0.902. The first kappa shape index (κ1) is 14.5. The summed E-state index contributed by atoms with van der Waals surface area (Å²) in [6.45, 7) is 2.69. The van der Waals surface area contributed by atoms with Gasteiger partial charge in [-0.25, -0.2) is 4.98 Å². The van der Waals surface area contributed by atoms with Crippen LogP contribution in [0.15, 0.2) is 34.2 Å². The number of pyridine rings is 1. The van der Waals surface area contributed by atoms with Crippen molar-refractivity contribution in [3.05, 3.63) is 44.7 Å². The molecule has 21 heavy (non-hydrogen) atoms. The van der Waals surface area contributed by atoms with Crippen LogP contribution in [0.1, 0.15) is 28.1 Å². The lowest BCUT2D eigenvalue weighted by Crippen LogP contribution is -2.22. The largest absolute Gasteiger partial charge is 0.357 e. The maximum absolute atomic E-state index is 12.0. The number of aromatic nitrogens is 1. The Morgan fingerprint density at radius 1 is 1.29 bits per heavy atom. The van der Waals surface area contributed by atoms with Gasteiger partial charge in [0, 0.05) is 25.8 Å². The van der Waals surface area contributed by atoms with Crippen LogP contribution in [0.5, 0.6) is 0 Å². The minimum absolute atomic E-state index is 0.0469. The number of hydrogen-bond acceptors (Lipinski definition) is 4. The normalized spacial score (nSPS) is 14.4. The van der Waals surface area contributed by atoms with Crippen molar-refractivity contribution < 1.29 is 4.79 Å². The highest BCUT2D eigenvalue weighted by Gasteiger charge is 2.13. The Balaban J connectivity index is 1.56. The average molecular weight is 366 g/mol. The van der Waals surface area contributed by atoms with Crippen molar-refractivity contribution >= 4 is 39.0 Å². The number of nitrogens with one attached hydrogen (secondary N) is 1. The maximum atomic E-state index is 12.0. The van der Waals surface area contributed by atoms with Gasteiger partial charge < -0.3 is 10.2 Å². The summed E-state index contributed by atoms with van der Waals surface area (Å²) in [4.78, 5) is 19.5. The molecule has 6 heteroatoms. The molecule has 3 rings (SSSR count). The first-order chi connectivity index (χ1) is 10.2. The van der Waals surface area contributed by atoms with E-state index in [9.17, 15) is 4.79 Å². The third-order valence-electron chi connectivity index (χ3n) is 3.49. The lowest BCUT2D eigenvalue weighted by molar-refractivity contribution is 0.0955. The van der Waals surface area contributed by atoms with Gasteiger partial charge in [-0.15, -0.1) is 11.3 Å². The van der Waals surface area contributed by atoms with E-state index in [1.165, 1.54) is 24.2 Å². The molecule has 0 aliphatic carbocycles. The molecular formula is C15H16BrN3OS. The molecular weight excluding hydrogens is 350 g/mol. The molecule has 0 radical (unpaired) electrons. The molecule has 1 aliphatic heterocycles. The Morgan fingerprint density at radius 3 is 2.71 bits per heavy atom. The third-order valence-corrected chi connectivity index (χ3v) is 5.11. The summed E-state index contributed by atoms with van der Waals surface area (Å²) in [6, 6.07) is 7.77. The predicted molar refractivity (Wildman–Crippen MR) is 88.9 cm³/mol. The highest BCUT2D eigenvalue weighted by molar-refractivity contribution is 9.11. The zero-order valence-electron chi connectivity index (χ0n) is 11.5. The molecule has 0 bridgehead atoms. The maximum Gasteiger partial charge on any atom is 0.261 e. The molecule has 3 heterocycles. The summed E-state index contributed by atoms with van der Waals surface area (Å²) >= 11 is 4.79. The van der Waals surface area contributed by atoms with Crippen molar-refractivity contribution in [3.8, 4) is 0 Å². The summed E-state index contributed by atoms with van der Waals surface area (Å²) in [5.74, 6) is 0.985. The molecule has 0 saturated carbocycles. The molecule has 1 amide bonds. The summed E-state index contributed by atoms with van der Waals surface area (Å²) in [5.41, 5.74) is 1.02. The topological polar surface area (TPSA) is 45.2 Å². The number of thiophene rings is 1. The van der Waals surface area contributed by atoms with Crippen molar-refractivity contribution in [2.75, 3.05) is 18.0 Å². The van der Waals surface area contributed by atoms with Gasteiger partial charge in [-0.05, 0) is 52.5 Å². The average Bonchev–Trinajstić information content (AvgIpc) is 3.16. The molecule has 0 unspecified atom stereocenters. The Hall–Kier alpha value is -1.40. The highest BCUT2D eigenvalue weighted by Crippen LogP contribution is 2.22. The van der Waals surface area contributed by atoms with Gasteiger partial charge in [0.05, 0.1) is 8.66 Å². The molecule has 1 saturated heterocycles. The molecule has 110 valence electrons. The minimum Gasteiger partial charge on any atom is -0.357 e. The van der Waals surface area contributed by atoms with E-state index in [1.807, 2.05) is 30.5 Å². The second-order valence-electron chi connectivity index (χ2n) is 5.01. The zero-order chi connectivity index (χ0) is 14.7. The monoisotopic (exact) mass is 365 g/mol. The Morgan fingerprint density at radius 2 is 2.10 bits per heavy atom. The number of rotatable bonds is 4. The van der Waals surface area contributed by atoms with E-state index in [4.69, 9.17) is 0 Å². The number of carbonyl (C=O) groups is 1. The summed E-state index contributed by atoms with van der Waals surface area (Å²) in [7, 11) is 0. The van der Waals surface area contributed by atoms with Crippen molar-refractivity contribution in [2.45, 2.75) is 19.4 Å². The molecule has 0 spiro atoms. The van der Waals surface area contributed by atoms with E-state index in [0.29, 0.717) is 11.4 Å². The second-order valence-corrected chi connectivity index (χ2v) is 7.47. The van der Waals surface area contributed by atoms with Crippen LogP contribution < -0.4 is 10.2 Å². The number of halogens is 1. The van der Waals surface area contributed by atoms with Crippen molar-refractivity contribution in [2.24, 2.45) is 0 Å². The molecule has 0 aromatic carbocycles. The zero-order valence-corrected chi connectivity index (χ0v) is 13.9. The number of amides is 1. The van der Waals surface area contributed by atoms with Crippen LogP contribution in [0.3, 0.4) is 0 Å². The Bertz CT molecular complexity index is 620. The number of anilines is 1. The number of nitrogens with zero attached hydrogens (tertiary/aromatic N) is 2. The van der Waals surface area contributed by atoms with Crippen LogP contribution in [0.2, 0.25) is 0 Å². The fourth-order valence-corrected chi connectivity index (χ4v) is 3.66. The van der Waals surface area contributed by atoms with Gasteiger partial charge in [0.2, 0.25) is 0 Å². The first-order valence-corrected chi connectivity index (χ1v) is 8.57. The standard InChI is InChI=1S/C15H16BrN3OS/c16-13-5-4-12(21-13)15(20)18-10-11-3-6-14(17-9-11)19-7-1-2-8-19/h3-6,9H,1-2,7-8,10H2,(H,18,20). The van der Waals surface area contributed by atoms with Gasteiger partial charge in [-0.1, -0.05) is 6.07 Å². The summed E-state index contributed by atoms with van der Waals surface area (Å²) < 4.78 is 0.962. The van der Waals surface area contributed by atoms with Crippen LogP contribution in [0.25, 0.3) is 0 Å². The summed E-state index contributed by atoms with van der Waals surface area (Å²) in [6.07, 6.45) is 4.34. The summed E-state index contributed by atoms with van der Waals surface area (Å²) in [5, 5.41) is 2.91. The van der Waals surface area contributed by atoms with Crippen molar-refractivity contribution in [1.29, 1.82) is 0 Å². The van der Waals surface area contributed by atoms with Crippen LogP contribution in [0.4, 0.5) is 5.82 Å². The predicted octanol–water partition coefficient (Wildman–Crippen LogP) is 3.44. The lowest BCUT2D eigenvalue weighted by Gasteiger charge is -2.16. The van der Waals surface area contributed by atoms with E-state index in [1.54, 1.807) is 0 Å². The molecule has 2 aromatic rings. The van der Waals surface area contributed by atoms with Gasteiger partial charge in [-0.3, -0.25) is 4.79 Å². The van der Waals surface area contributed by atoms with Crippen LogP contribution in [-0.2, 0) is 6.54 Å². The molecule has 4 nitrogen and oxygen atoms in total. The van der Waals surface area contributed by atoms with Gasteiger partial charge in [-0.2, -0.15) is 0 Å². The van der Waals surface area contributed by atoms with Gasteiger partial charge in [0.25, 0.3) is 5.91 Å². The van der Waals surface area contributed by atoms with Gasteiger partial charge in [0.1, 0.15) is 5.82 Å². The first-order valence-electron chi connectivity index (χ1n) is 6.96. The van der Waals surface area contributed by atoms with E-state index < -0.39 is 0 Å². The van der Waals surface area contributed by atoms with Crippen molar-refractivity contribution in [3.63, 3.8) is 0 Å². The Labute approximate surface area is 136 Å².